The highest BCUT2D eigenvalue weighted by atomic mass is 19.1. The van der Waals surface area contributed by atoms with Crippen molar-refractivity contribution < 1.29 is 28.2 Å². The van der Waals surface area contributed by atoms with Crippen molar-refractivity contribution in [3.8, 4) is 5.75 Å². The van der Waals surface area contributed by atoms with E-state index in [0.29, 0.717) is 47.6 Å². The van der Waals surface area contributed by atoms with Crippen LogP contribution in [0.25, 0.3) is 0 Å². The molecule has 1 amide bonds. The number of amides is 1. The highest BCUT2D eigenvalue weighted by Gasteiger charge is 2.23. The molecule has 0 spiro atoms. The number of nitrogens with one attached hydrogen (secondary N) is 1. The molecule has 1 N–H and O–H groups in total. The first kappa shape index (κ1) is 31.9. The maximum atomic E-state index is 13.5. The first-order chi connectivity index (χ1) is 21.2. The van der Waals surface area contributed by atoms with Crippen molar-refractivity contribution in [1.82, 2.24) is 0 Å². The van der Waals surface area contributed by atoms with E-state index in [9.17, 15) is 18.8 Å². The van der Waals surface area contributed by atoms with Crippen LogP contribution in [0.4, 0.5) is 15.8 Å². The Kier molecular flexibility index (Phi) is 11.2. The van der Waals surface area contributed by atoms with Crippen molar-refractivity contribution in [2.45, 2.75) is 32.7 Å². The number of hydrogen-bond acceptors (Lipinski definition) is 6. The normalized spacial score (nSPS) is 11.5. The third-order valence-electron chi connectivity index (χ3n) is 6.99. The zero-order valence-electron chi connectivity index (χ0n) is 25.2. The average molecular weight is 597 g/mol. The van der Waals surface area contributed by atoms with E-state index >= 15 is 0 Å². The molecule has 0 fully saturated rings. The van der Waals surface area contributed by atoms with Crippen molar-refractivity contribution in [1.29, 1.82) is 0 Å². The van der Waals surface area contributed by atoms with Gasteiger partial charge in [0.1, 0.15) is 24.2 Å². The van der Waals surface area contributed by atoms with E-state index < -0.39 is 12.0 Å². The van der Waals surface area contributed by atoms with Crippen molar-refractivity contribution in [3.05, 3.63) is 126 Å². The molecular formula is C36H37FN2O5. The minimum absolute atomic E-state index is 0.0565. The molecule has 0 saturated heterocycles. The van der Waals surface area contributed by atoms with Gasteiger partial charge >= 0.3 is 5.97 Å². The Morgan fingerprint density at radius 1 is 0.841 bits per heavy atom. The fourth-order valence-electron chi connectivity index (χ4n) is 4.77. The van der Waals surface area contributed by atoms with E-state index in [1.807, 2.05) is 44.2 Å². The standard InChI is InChI=1S/C36H37FN2O5/c1-25(2)23-34(40)39(29-17-15-28(37)16-18-29)21-22-44-30-19-13-26(14-20-30)24-33(36(42)43-3)38-32-12-8-7-11-31(32)35(41)27-9-5-4-6-10-27/h4-20,25,33,38H,21-24H2,1-3H3/t33-/m0/s1. The Morgan fingerprint density at radius 2 is 1.50 bits per heavy atom. The number of ether oxygens (including phenoxy) is 2. The van der Waals surface area contributed by atoms with Crippen molar-refractivity contribution in [3.63, 3.8) is 0 Å². The predicted octanol–water partition coefficient (Wildman–Crippen LogP) is 6.71. The Bertz CT molecular complexity index is 1540. The number of esters is 1. The number of methoxy groups -OCH3 is 1. The summed E-state index contributed by atoms with van der Waals surface area (Å²) in [5.74, 6) is -0.248. The first-order valence-corrected chi connectivity index (χ1v) is 14.6. The number of ketones is 1. The zero-order chi connectivity index (χ0) is 31.5. The van der Waals surface area contributed by atoms with Crippen LogP contribution in [0.2, 0.25) is 0 Å². The van der Waals surface area contributed by atoms with Crippen LogP contribution in [0.3, 0.4) is 0 Å². The fraction of sp³-hybridized carbons (Fsp3) is 0.250. The smallest absolute Gasteiger partial charge is 0.328 e. The summed E-state index contributed by atoms with van der Waals surface area (Å²) in [6.07, 6.45) is 0.676. The lowest BCUT2D eigenvalue weighted by molar-refractivity contribution is -0.141. The van der Waals surface area contributed by atoms with Gasteiger partial charge in [0.05, 0.1) is 13.7 Å². The highest BCUT2D eigenvalue weighted by Crippen LogP contribution is 2.23. The number of rotatable bonds is 14. The quantitative estimate of drug-likeness (QED) is 0.129. The van der Waals surface area contributed by atoms with E-state index in [4.69, 9.17) is 9.47 Å². The molecule has 7 nitrogen and oxygen atoms in total. The van der Waals surface area contributed by atoms with E-state index in [-0.39, 0.29) is 30.0 Å². The van der Waals surface area contributed by atoms with Crippen LogP contribution in [0.5, 0.6) is 5.75 Å². The largest absolute Gasteiger partial charge is 0.492 e. The number of benzene rings is 4. The molecule has 1 atom stereocenters. The van der Waals surface area contributed by atoms with E-state index in [1.165, 1.54) is 19.2 Å². The van der Waals surface area contributed by atoms with E-state index in [1.54, 1.807) is 65.6 Å². The van der Waals surface area contributed by atoms with Crippen LogP contribution in [-0.2, 0) is 20.7 Å². The lowest BCUT2D eigenvalue weighted by Gasteiger charge is -2.24. The van der Waals surface area contributed by atoms with Gasteiger partial charge in [0.2, 0.25) is 5.91 Å². The minimum atomic E-state index is -0.743. The highest BCUT2D eigenvalue weighted by molar-refractivity contribution is 6.12. The minimum Gasteiger partial charge on any atom is -0.492 e. The summed E-state index contributed by atoms with van der Waals surface area (Å²) in [7, 11) is 1.33. The molecule has 0 aliphatic carbocycles. The second kappa shape index (κ2) is 15.5. The van der Waals surface area contributed by atoms with E-state index in [2.05, 4.69) is 5.32 Å². The molecule has 0 aromatic heterocycles. The number of anilines is 2. The van der Waals surface area contributed by atoms with Crippen LogP contribution < -0.4 is 15.0 Å². The number of hydrogen-bond donors (Lipinski definition) is 1. The summed E-state index contributed by atoms with van der Waals surface area (Å²) in [5.41, 5.74) is 3.01. The van der Waals surface area contributed by atoms with Gasteiger partial charge in [-0.1, -0.05) is 68.4 Å². The van der Waals surface area contributed by atoms with Gasteiger partial charge in [-0.05, 0) is 60.0 Å². The maximum Gasteiger partial charge on any atom is 0.328 e. The summed E-state index contributed by atoms with van der Waals surface area (Å²) in [5, 5.41) is 3.21. The van der Waals surface area contributed by atoms with Gasteiger partial charge in [0.15, 0.2) is 5.78 Å². The number of halogens is 1. The lowest BCUT2D eigenvalue weighted by atomic mass is 10.00. The monoisotopic (exact) mass is 596 g/mol. The second-order valence-electron chi connectivity index (χ2n) is 10.8. The number of carbonyl (C=O) groups is 3. The topological polar surface area (TPSA) is 84.9 Å². The zero-order valence-corrected chi connectivity index (χ0v) is 25.2. The second-order valence-corrected chi connectivity index (χ2v) is 10.8. The fourth-order valence-corrected chi connectivity index (χ4v) is 4.77. The summed E-state index contributed by atoms with van der Waals surface area (Å²) in [6.45, 7) is 4.48. The molecule has 0 saturated carbocycles. The van der Waals surface area contributed by atoms with Crippen LogP contribution in [0, 0.1) is 11.7 Å². The van der Waals surface area contributed by atoms with Gasteiger partial charge < -0.3 is 19.7 Å². The Labute approximate surface area is 257 Å². The maximum absolute atomic E-state index is 13.5. The van der Waals surface area contributed by atoms with Crippen molar-refractivity contribution in [2.24, 2.45) is 5.92 Å². The summed E-state index contributed by atoms with van der Waals surface area (Å²) in [6, 6.07) is 28.5. The molecule has 0 heterocycles. The van der Waals surface area contributed by atoms with Gasteiger partial charge in [-0.25, -0.2) is 9.18 Å². The summed E-state index contributed by atoms with van der Waals surface area (Å²) in [4.78, 5) is 40.4. The molecular weight excluding hydrogens is 559 g/mol. The molecule has 0 bridgehead atoms. The number of para-hydroxylation sites is 1. The third-order valence-corrected chi connectivity index (χ3v) is 6.99. The van der Waals surface area contributed by atoms with Gasteiger partial charge in [0, 0.05) is 35.3 Å². The molecule has 8 heteroatoms. The number of carbonyl (C=O) groups excluding carboxylic acids is 3. The molecule has 4 aromatic carbocycles. The van der Waals surface area contributed by atoms with Gasteiger partial charge in [-0.15, -0.1) is 0 Å². The van der Waals surface area contributed by atoms with Crippen LogP contribution in [0.15, 0.2) is 103 Å². The predicted molar refractivity (Wildman–Crippen MR) is 170 cm³/mol. The van der Waals surface area contributed by atoms with E-state index in [0.717, 1.165) is 5.56 Å². The first-order valence-electron chi connectivity index (χ1n) is 14.6. The Morgan fingerprint density at radius 3 is 2.16 bits per heavy atom. The lowest BCUT2D eigenvalue weighted by Crippen LogP contribution is -2.35. The molecule has 44 heavy (non-hydrogen) atoms. The van der Waals surface area contributed by atoms with Crippen LogP contribution >= 0.6 is 0 Å². The van der Waals surface area contributed by atoms with Gasteiger partial charge in [0.25, 0.3) is 0 Å². The molecule has 228 valence electrons. The SMILES string of the molecule is COC(=O)[C@H](Cc1ccc(OCCN(C(=O)CC(C)C)c2ccc(F)cc2)cc1)Nc1ccccc1C(=O)c1ccccc1. The molecule has 0 unspecified atom stereocenters. The third kappa shape index (κ3) is 8.77. The Balaban J connectivity index is 1.41. The summed E-state index contributed by atoms with van der Waals surface area (Å²) >= 11 is 0. The number of nitrogens with zero attached hydrogens (tertiary/aromatic N) is 1. The van der Waals surface area contributed by atoms with Crippen molar-refractivity contribution in [2.75, 3.05) is 30.5 Å². The van der Waals surface area contributed by atoms with Crippen LogP contribution in [-0.4, -0.2) is 44.0 Å². The van der Waals surface area contributed by atoms with Gasteiger partial charge in [-0.2, -0.15) is 0 Å². The van der Waals surface area contributed by atoms with Gasteiger partial charge in [-0.3, -0.25) is 9.59 Å². The van der Waals surface area contributed by atoms with Crippen molar-refractivity contribution >= 4 is 29.0 Å². The average Bonchev–Trinajstić information content (AvgIpc) is 3.03. The molecule has 4 rings (SSSR count). The van der Waals surface area contributed by atoms with Crippen LogP contribution in [0.1, 0.15) is 41.8 Å². The Hall–Kier alpha value is -4.98. The molecule has 0 radical (unpaired) electrons. The molecule has 0 aliphatic rings. The summed E-state index contributed by atoms with van der Waals surface area (Å²) < 4.78 is 24.5. The molecule has 0 aliphatic heterocycles. The molecule has 4 aromatic rings.